The molecule has 1 heterocycles. The molecule has 8 heteroatoms. The third-order valence-electron chi connectivity index (χ3n) is 4.51. The minimum Gasteiger partial charge on any atom is -0.351 e. The topological polar surface area (TPSA) is 78.5 Å². The lowest BCUT2D eigenvalue weighted by atomic mass is 10.0. The SMILES string of the molecule is CCCNCCNC(=O)c1ccc(S(=O)(=O)N2CCC(C)CC2)cc1.Cl. The fraction of sp³-hybridized carbons (Fsp3) is 0.611. The molecule has 1 saturated heterocycles. The molecule has 0 aliphatic carbocycles. The van der Waals surface area contributed by atoms with Crippen molar-refractivity contribution in [3.63, 3.8) is 0 Å². The summed E-state index contributed by atoms with van der Waals surface area (Å²) in [6.45, 7) is 7.57. The van der Waals surface area contributed by atoms with Gasteiger partial charge in [-0.2, -0.15) is 4.31 Å². The van der Waals surface area contributed by atoms with Gasteiger partial charge >= 0.3 is 0 Å². The van der Waals surface area contributed by atoms with E-state index in [-0.39, 0.29) is 23.2 Å². The zero-order valence-corrected chi connectivity index (χ0v) is 17.2. The summed E-state index contributed by atoms with van der Waals surface area (Å²) in [5.74, 6) is 0.387. The van der Waals surface area contributed by atoms with Crippen LogP contribution < -0.4 is 10.6 Å². The second kappa shape index (κ2) is 10.9. The Morgan fingerprint density at radius 3 is 2.31 bits per heavy atom. The van der Waals surface area contributed by atoms with E-state index in [0.29, 0.717) is 31.1 Å². The van der Waals surface area contributed by atoms with Gasteiger partial charge in [0.25, 0.3) is 5.91 Å². The smallest absolute Gasteiger partial charge is 0.251 e. The van der Waals surface area contributed by atoms with E-state index in [2.05, 4.69) is 24.5 Å². The maximum atomic E-state index is 12.7. The Hall–Kier alpha value is -1.15. The molecule has 1 aromatic rings. The Kier molecular flexibility index (Phi) is 9.57. The van der Waals surface area contributed by atoms with E-state index in [1.807, 2.05) is 0 Å². The Balaban J connectivity index is 0.00000338. The number of nitrogens with one attached hydrogen (secondary N) is 2. The van der Waals surface area contributed by atoms with Crippen LogP contribution in [-0.2, 0) is 10.0 Å². The standard InChI is InChI=1S/C18H29N3O3S.ClH/c1-3-10-19-11-12-20-18(22)16-4-6-17(7-5-16)25(23,24)21-13-8-15(2)9-14-21;/h4-7,15,19H,3,8-14H2,1-2H3,(H,20,22);1H. The van der Waals surface area contributed by atoms with Crippen LogP contribution in [-0.4, -0.2) is 51.4 Å². The quantitative estimate of drug-likeness (QED) is 0.652. The van der Waals surface area contributed by atoms with Gasteiger partial charge in [0.15, 0.2) is 0 Å². The fourth-order valence-corrected chi connectivity index (χ4v) is 4.29. The summed E-state index contributed by atoms with van der Waals surface area (Å²) in [6, 6.07) is 6.21. The van der Waals surface area contributed by atoms with E-state index in [9.17, 15) is 13.2 Å². The number of carbonyl (C=O) groups excluding carboxylic acids is 1. The zero-order chi connectivity index (χ0) is 18.3. The zero-order valence-electron chi connectivity index (χ0n) is 15.5. The average Bonchev–Trinajstić information content (AvgIpc) is 2.62. The van der Waals surface area contributed by atoms with Gasteiger partial charge in [-0.1, -0.05) is 13.8 Å². The van der Waals surface area contributed by atoms with Crippen LogP contribution in [0, 0.1) is 5.92 Å². The lowest BCUT2D eigenvalue weighted by Crippen LogP contribution is -2.37. The van der Waals surface area contributed by atoms with Gasteiger partial charge in [-0.25, -0.2) is 8.42 Å². The van der Waals surface area contributed by atoms with Crippen LogP contribution >= 0.6 is 12.4 Å². The van der Waals surface area contributed by atoms with Gasteiger partial charge in [0.2, 0.25) is 10.0 Å². The van der Waals surface area contributed by atoms with Gasteiger partial charge in [0, 0.05) is 31.7 Å². The highest BCUT2D eigenvalue weighted by Crippen LogP contribution is 2.23. The first-order valence-corrected chi connectivity index (χ1v) is 10.5. The number of amides is 1. The molecular formula is C18H30ClN3O3S. The molecule has 2 rings (SSSR count). The third kappa shape index (κ3) is 6.23. The molecule has 1 amide bonds. The van der Waals surface area contributed by atoms with E-state index in [1.54, 1.807) is 16.4 Å². The van der Waals surface area contributed by atoms with Crippen molar-refractivity contribution >= 4 is 28.3 Å². The van der Waals surface area contributed by atoms with Crippen molar-refractivity contribution < 1.29 is 13.2 Å². The van der Waals surface area contributed by atoms with E-state index in [1.165, 1.54) is 12.1 Å². The van der Waals surface area contributed by atoms with Gasteiger partial charge in [-0.3, -0.25) is 4.79 Å². The van der Waals surface area contributed by atoms with Crippen molar-refractivity contribution in [1.82, 2.24) is 14.9 Å². The number of nitrogens with zero attached hydrogens (tertiary/aromatic N) is 1. The molecule has 0 bridgehead atoms. The average molecular weight is 404 g/mol. The van der Waals surface area contributed by atoms with Crippen molar-refractivity contribution in [2.24, 2.45) is 5.92 Å². The van der Waals surface area contributed by atoms with Crippen LogP contribution in [0.2, 0.25) is 0 Å². The Morgan fingerprint density at radius 1 is 1.12 bits per heavy atom. The summed E-state index contributed by atoms with van der Waals surface area (Å²) in [4.78, 5) is 12.3. The highest BCUT2D eigenvalue weighted by Gasteiger charge is 2.28. The molecule has 2 N–H and O–H groups in total. The summed E-state index contributed by atoms with van der Waals surface area (Å²) in [7, 11) is -3.46. The molecule has 0 aromatic heterocycles. The van der Waals surface area contributed by atoms with Gasteiger partial charge < -0.3 is 10.6 Å². The minimum atomic E-state index is -3.46. The van der Waals surface area contributed by atoms with Crippen LogP contribution in [0.1, 0.15) is 43.5 Å². The predicted octanol–water partition coefficient (Wildman–Crippen LogP) is 2.26. The number of rotatable bonds is 8. The van der Waals surface area contributed by atoms with E-state index in [0.717, 1.165) is 32.4 Å². The van der Waals surface area contributed by atoms with E-state index >= 15 is 0 Å². The van der Waals surface area contributed by atoms with Crippen LogP contribution in [0.25, 0.3) is 0 Å². The van der Waals surface area contributed by atoms with E-state index < -0.39 is 10.0 Å². The maximum absolute atomic E-state index is 12.7. The number of sulfonamides is 1. The summed E-state index contributed by atoms with van der Waals surface area (Å²) in [5, 5.41) is 6.03. The van der Waals surface area contributed by atoms with Gasteiger partial charge in [-0.15, -0.1) is 12.4 Å². The first-order chi connectivity index (χ1) is 11.9. The van der Waals surface area contributed by atoms with Crippen LogP contribution in [0.15, 0.2) is 29.2 Å². The first-order valence-electron chi connectivity index (χ1n) is 9.04. The number of hydrogen-bond donors (Lipinski definition) is 2. The number of hydrogen-bond acceptors (Lipinski definition) is 4. The highest BCUT2D eigenvalue weighted by molar-refractivity contribution is 7.89. The monoisotopic (exact) mass is 403 g/mol. The van der Waals surface area contributed by atoms with Crippen molar-refractivity contribution in [3.05, 3.63) is 29.8 Å². The molecular weight excluding hydrogens is 374 g/mol. The van der Waals surface area contributed by atoms with Crippen molar-refractivity contribution in [2.75, 3.05) is 32.7 Å². The lowest BCUT2D eigenvalue weighted by Gasteiger charge is -2.29. The molecule has 148 valence electrons. The van der Waals surface area contributed by atoms with E-state index in [4.69, 9.17) is 0 Å². The van der Waals surface area contributed by atoms with Gasteiger partial charge in [0.1, 0.15) is 0 Å². The molecule has 0 spiro atoms. The normalized spacial score (nSPS) is 16.1. The molecule has 0 radical (unpaired) electrons. The lowest BCUT2D eigenvalue weighted by molar-refractivity contribution is 0.0954. The molecule has 6 nitrogen and oxygen atoms in total. The second-order valence-corrected chi connectivity index (χ2v) is 8.55. The second-order valence-electron chi connectivity index (χ2n) is 6.62. The molecule has 26 heavy (non-hydrogen) atoms. The molecule has 0 saturated carbocycles. The minimum absolute atomic E-state index is 0. The van der Waals surface area contributed by atoms with Crippen LogP contribution in [0.5, 0.6) is 0 Å². The number of halogens is 1. The molecule has 1 aliphatic rings. The molecule has 0 unspecified atom stereocenters. The summed E-state index contributed by atoms with van der Waals surface area (Å²) >= 11 is 0. The van der Waals surface area contributed by atoms with Crippen LogP contribution in [0.4, 0.5) is 0 Å². The molecule has 0 atom stereocenters. The highest BCUT2D eigenvalue weighted by atomic mass is 35.5. The van der Waals surface area contributed by atoms with Crippen molar-refractivity contribution in [3.8, 4) is 0 Å². The molecule has 1 aromatic carbocycles. The summed E-state index contributed by atoms with van der Waals surface area (Å²) in [5.41, 5.74) is 0.474. The van der Waals surface area contributed by atoms with Crippen molar-refractivity contribution in [1.29, 1.82) is 0 Å². The first kappa shape index (κ1) is 22.9. The number of benzene rings is 1. The van der Waals surface area contributed by atoms with Crippen molar-refractivity contribution in [2.45, 2.75) is 38.0 Å². The fourth-order valence-electron chi connectivity index (χ4n) is 2.82. The number of carbonyl (C=O) groups is 1. The van der Waals surface area contributed by atoms with Gasteiger partial charge in [0.05, 0.1) is 4.90 Å². The number of piperidine rings is 1. The Morgan fingerprint density at radius 2 is 1.73 bits per heavy atom. The molecule has 1 aliphatic heterocycles. The Labute approximate surface area is 163 Å². The van der Waals surface area contributed by atoms with Gasteiger partial charge in [-0.05, 0) is 56.0 Å². The summed E-state index contributed by atoms with van der Waals surface area (Å²) < 4.78 is 26.9. The summed E-state index contributed by atoms with van der Waals surface area (Å²) in [6.07, 6.45) is 2.84. The molecule has 1 fully saturated rings. The Bertz CT molecular complexity index is 657. The third-order valence-corrected chi connectivity index (χ3v) is 6.42. The van der Waals surface area contributed by atoms with Crippen LogP contribution in [0.3, 0.4) is 0 Å². The predicted molar refractivity (Wildman–Crippen MR) is 106 cm³/mol. The largest absolute Gasteiger partial charge is 0.351 e. The maximum Gasteiger partial charge on any atom is 0.251 e.